The minimum Gasteiger partial charge on any atom is -0.352 e. The molecular formula is C13H24N4O. The van der Waals surface area contributed by atoms with Crippen LogP contribution in [-0.2, 0) is 18.4 Å². The molecule has 0 aromatic carbocycles. The molecule has 0 aliphatic rings. The molecule has 1 heterocycles. The molecule has 0 radical (unpaired) electrons. The SMILES string of the molecule is CCCC(C)NC(=O)C(C)NCc1nccn1C. The molecule has 0 fully saturated rings. The van der Waals surface area contributed by atoms with Gasteiger partial charge in [0, 0.05) is 25.5 Å². The molecule has 1 aromatic rings. The van der Waals surface area contributed by atoms with Gasteiger partial charge in [0.15, 0.2) is 0 Å². The smallest absolute Gasteiger partial charge is 0.237 e. The summed E-state index contributed by atoms with van der Waals surface area (Å²) in [6, 6.07) is 0.0286. The van der Waals surface area contributed by atoms with Gasteiger partial charge in [-0.05, 0) is 20.3 Å². The van der Waals surface area contributed by atoms with Crippen molar-refractivity contribution in [2.75, 3.05) is 0 Å². The zero-order chi connectivity index (χ0) is 13.5. The minimum absolute atomic E-state index is 0.0464. The number of imidazole rings is 1. The van der Waals surface area contributed by atoms with Crippen LogP contribution >= 0.6 is 0 Å². The maximum atomic E-state index is 11.9. The fourth-order valence-corrected chi connectivity index (χ4v) is 1.78. The second kappa shape index (κ2) is 7.16. The average Bonchev–Trinajstić information content (AvgIpc) is 2.72. The number of nitrogens with one attached hydrogen (secondary N) is 2. The number of nitrogens with zero attached hydrogens (tertiary/aromatic N) is 2. The predicted octanol–water partition coefficient (Wildman–Crippen LogP) is 1.20. The second-order valence-corrected chi connectivity index (χ2v) is 4.76. The third-order valence-corrected chi connectivity index (χ3v) is 2.99. The summed E-state index contributed by atoms with van der Waals surface area (Å²) < 4.78 is 1.94. The maximum Gasteiger partial charge on any atom is 0.237 e. The van der Waals surface area contributed by atoms with E-state index < -0.39 is 0 Å². The quantitative estimate of drug-likeness (QED) is 0.766. The lowest BCUT2D eigenvalue weighted by Gasteiger charge is -2.18. The molecule has 2 unspecified atom stereocenters. The van der Waals surface area contributed by atoms with Crippen LogP contribution in [0.2, 0.25) is 0 Å². The van der Waals surface area contributed by atoms with Crippen LogP contribution in [0.15, 0.2) is 12.4 Å². The molecule has 18 heavy (non-hydrogen) atoms. The van der Waals surface area contributed by atoms with Gasteiger partial charge in [0.05, 0.1) is 12.6 Å². The second-order valence-electron chi connectivity index (χ2n) is 4.76. The topological polar surface area (TPSA) is 59.0 Å². The van der Waals surface area contributed by atoms with E-state index >= 15 is 0 Å². The first kappa shape index (κ1) is 14.7. The molecule has 0 aliphatic heterocycles. The number of hydrogen-bond acceptors (Lipinski definition) is 3. The Balaban J connectivity index is 2.34. The van der Waals surface area contributed by atoms with Gasteiger partial charge in [-0.3, -0.25) is 10.1 Å². The van der Waals surface area contributed by atoms with Gasteiger partial charge >= 0.3 is 0 Å². The van der Waals surface area contributed by atoms with Gasteiger partial charge in [0.2, 0.25) is 5.91 Å². The largest absolute Gasteiger partial charge is 0.352 e. The molecule has 1 amide bonds. The Bertz CT molecular complexity index is 375. The van der Waals surface area contributed by atoms with Crippen LogP contribution in [0.1, 0.15) is 39.4 Å². The molecule has 2 N–H and O–H groups in total. The summed E-state index contributed by atoms with van der Waals surface area (Å²) in [4.78, 5) is 16.1. The summed E-state index contributed by atoms with van der Waals surface area (Å²) in [5.41, 5.74) is 0. The number of carbonyl (C=O) groups excluding carboxylic acids is 1. The van der Waals surface area contributed by atoms with Gasteiger partial charge < -0.3 is 9.88 Å². The van der Waals surface area contributed by atoms with Crippen molar-refractivity contribution in [1.29, 1.82) is 0 Å². The molecule has 0 saturated heterocycles. The van der Waals surface area contributed by atoms with Crippen LogP contribution in [-0.4, -0.2) is 27.5 Å². The number of rotatable bonds is 7. The molecule has 0 spiro atoms. The van der Waals surface area contributed by atoms with Crippen molar-refractivity contribution >= 4 is 5.91 Å². The van der Waals surface area contributed by atoms with Crippen molar-refractivity contribution in [3.8, 4) is 0 Å². The van der Waals surface area contributed by atoms with Gasteiger partial charge in [-0.1, -0.05) is 13.3 Å². The Morgan fingerprint density at radius 1 is 1.50 bits per heavy atom. The Labute approximate surface area is 109 Å². The molecular weight excluding hydrogens is 228 g/mol. The van der Waals surface area contributed by atoms with Gasteiger partial charge in [-0.2, -0.15) is 0 Å². The highest BCUT2D eigenvalue weighted by molar-refractivity contribution is 5.81. The zero-order valence-corrected chi connectivity index (χ0v) is 11.7. The van der Waals surface area contributed by atoms with Crippen LogP contribution in [0.25, 0.3) is 0 Å². The molecule has 5 heteroatoms. The first-order valence-corrected chi connectivity index (χ1v) is 6.54. The van der Waals surface area contributed by atoms with E-state index in [4.69, 9.17) is 0 Å². The fraction of sp³-hybridized carbons (Fsp3) is 0.692. The third-order valence-electron chi connectivity index (χ3n) is 2.99. The van der Waals surface area contributed by atoms with E-state index in [0.717, 1.165) is 18.7 Å². The van der Waals surface area contributed by atoms with Gasteiger partial charge in [-0.25, -0.2) is 4.98 Å². The van der Waals surface area contributed by atoms with Crippen molar-refractivity contribution in [2.45, 2.75) is 52.2 Å². The van der Waals surface area contributed by atoms with Crippen molar-refractivity contribution < 1.29 is 4.79 Å². The summed E-state index contributed by atoms with van der Waals surface area (Å²) >= 11 is 0. The van der Waals surface area contributed by atoms with E-state index in [0.29, 0.717) is 6.54 Å². The zero-order valence-electron chi connectivity index (χ0n) is 11.7. The Morgan fingerprint density at radius 2 is 2.22 bits per heavy atom. The van der Waals surface area contributed by atoms with Crippen LogP contribution in [0.4, 0.5) is 0 Å². The van der Waals surface area contributed by atoms with Gasteiger partial charge in [-0.15, -0.1) is 0 Å². The van der Waals surface area contributed by atoms with Crippen LogP contribution in [0.3, 0.4) is 0 Å². The number of amides is 1. The van der Waals surface area contributed by atoms with E-state index in [1.165, 1.54) is 0 Å². The highest BCUT2D eigenvalue weighted by Gasteiger charge is 2.14. The van der Waals surface area contributed by atoms with Crippen LogP contribution in [0.5, 0.6) is 0 Å². The highest BCUT2D eigenvalue weighted by Crippen LogP contribution is 1.97. The van der Waals surface area contributed by atoms with Crippen molar-refractivity contribution in [2.24, 2.45) is 7.05 Å². The summed E-state index contributed by atoms with van der Waals surface area (Å²) in [5, 5.41) is 6.17. The molecule has 1 aromatic heterocycles. The van der Waals surface area contributed by atoms with E-state index in [2.05, 4.69) is 22.5 Å². The first-order valence-electron chi connectivity index (χ1n) is 6.54. The normalized spacial score (nSPS) is 14.2. The standard InChI is InChI=1S/C13H24N4O/c1-5-6-10(2)16-13(18)11(3)15-9-12-14-7-8-17(12)4/h7-8,10-11,15H,5-6,9H2,1-4H3,(H,16,18). The monoisotopic (exact) mass is 252 g/mol. The van der Waals surface area contributed by atoms with Crippen molar-refractivity contribution in [1.82, 2.24) is 20.2 Å². The highest BCUT2D eigenvalue weighted by atomic mass is 16.2. The predicted molar refractivity (Wildman–Crippen MR) is 72.0 cm³/mol. The summed E-state index contributed by atoms with van der Waals surface area (Å²) in [6.07, 6.45) is 5.74. The first-order chi connectivity index (χ1) is 8.54. The molecule has 0 aliphatic carbocycles. The molecule has 1 rings (SSSR count). The van der Waals surface area contributed by atoms with Crippen molar-refractivity contribution in [3.05, 3.63) is 18.2 Å². The van der Waals surface area contributed by atoms with Crippen LogP contribution in [0, 0.1) is 0 Å². The molecule has 2 atom stereocenters. The Kier molecular flexibility index (Phi) is 5.85. The average molecular weight is 252 g/mol. The van der Waals surface area contributed by atoms with E-state index in [1.807, 2.05) is 31.7 Å². The summed E-state index contributed by atoms with van der Waals surface area (Å²) in [5.74, 6) is 0.974. The molecule has 0 bridgehead atoms. The van der Waals surface area contributed by atoms with E-state index in [9.17, 15) is 4.79 Å². The molecule has 102 valence electrons. The van der Waals surface area contributed by atoms with Crippen LogP contribution < -0.4 is 10.6 Å². The lowest BCUT2D eigenvalue weighted by Crippen LogP contribution is -2.45. The lowest BCUT2D eigenvalue weighted by atomic mass is 10.2. The lowest BCUT2D eigenvalue weighted by molar-refractivity contribution is -0.123. The molecule has 0 saturated carbocycles. The Hall–Kier alpha value is -1.36. The van der Waals surface area contributed by atoms with Gasteiger partial charge in [0.1, 0.15) is 5.82 Å². The number of carbonyl (C=O) groups is 1. The summed E-state index contributed by atoms with van der Waals surface area (Å²) in [7, 11) is 1.94. The number of hydrogen-bond donors (Lipinski definition) is 2. The number of aromatic nitrogens is 2. The maximum absolute atomic E-state index is 11.9. The summed E-state index contributed by atoms with van der Waals surface area (Å²) in [6.45, 7) is 6.62. The Morgan fingerprint density at radius 3 is 2.78 bits per heavy atom. The minimum atomic E-state index is -0.207. The van der Waals surface area contributed by atoms with Gasteiger partial charge in [0.25, 0.3) is 0 Å². The fourth-order valence-electron chi connectivity index (χ4n) is 1.78. The third kappa shape index (κ3) is 4.49. The van der Waals surface area contributed by atoms with Crippen molar-refractivity contribution in [3.63, 3.8) is 0 Å². The number of aryl methyl sites for hydroxylation is 1. The van der Waals surface area contributed by atoms with E-state index in [1.54, 1.807) is 6.20 Å². The molecule has 5 nitrogen and oxygen atoms in total. The van der Waals surface area contributed by atoms with E-state index in [-0.39, 0.29) is 18.0 Å².